The Morgan fingerprint density at radius 1 is 0.963 bits per heavy atom. The third-order valence-electron chi connectivity index (χ3n) is 6.39. The SMILES string of the molecule is CN(C1CCCCC1)S(=O)(=O)N1CCN(C(=O)C2CCCC(N)C2)CC1.Cl. The van der Waals surface area contributed by atoms with Gasteiger partial charge < -0.3 is 10.6 Å². The van der Waals surface area contributed by atoms with Gasteiger partial charge in [0.1, 0.15) is 0 Å². The van der Waals surface area contributed by atoms with Gasteiger partial charge in [-0.1, -0.05) is 25.7 Å². The minimum Gasteiger partial charge on any atom is -0.340 e. The van der Waals surface area contributed by atoms with Crippen molar-refractivity contribution in [3.63, 3.8) is 0 Å². The molecule has 0 spiro atoms. The lowest BCUT2D eigenvalue weighted by molar-refractivity contribution is -0.138. The Hall–Kier alpha value is -0.410. The smallest absolute Gasteiger partial charge is 0.282 e. The zero-order valence-corrected chi connectivity index (χ0v) is 18.0. The van der Waals surface area contributed by atoms with Crippen LogP contribution in [-0.2, 0) is 15.0 Å². The molecular formula is C18H35ClN4O3S. The molecule has 1 amide bonds. The molecule has 0 aromatic heterocycles. The molecule has 0 bridgehead atoms. The first-order chi connectivity index (χ1) is 12.4. The lowest BCUT2D eigenvalue weighted by Crippen LogP contribution is -2.56. The second-order valence-electron chi connectivity index (χ2n) is 8.16. The number of carbonyl (C=O) groups excluding carboxylic acids is 1. The van der Waals surface area contributed by atoms with Gasteiger partial charge in [-0.25, -0.2) is 0 Å². The minimum absolute atomic E-state index is 0. The fourth-order valence-electron chi connectivity index (χ4n) is 4.66. The number of nitrogens with two attached hydrogens (primary N) is 1. The fraction of sp³-hybridized carbons (Fsp3) is 0.944. The third kappa shape index (κ3) is 5.35. The van der Waals surface area contributed by atoms with E-state index in [0.717, 1.165) is 51.4 Å². The van der Waals surface area contributed by atoms with E-state index in [4.69, 9.17) is 5.73 Å². The summed E-state index contributed by atoms with van der Waals surface area (Å²) in [6, 6.07) is 0.251. The number of amides is 1. The fourth-order valence-corrected chi connectivity index (χ4v) is 6.24. The number of rotatable bonds is 4. The molecule has 0 aromatic carbocycles. The lowest BCUT2D eigenvalue weighted by atomic mass is 9.85. The molecule has 1 saturated heterocycles. The quantitative estimate of drug-likeness (QED) is 0.745. The molecule has 9 heteroatoms. The highest BCUT2D eigenvalue weighted by molar-refractivity contribution is 7.86. The number of carbonyl (C=O) groups is 1. The zero-order valence-electron chi connectivity index (χ0n) is 16.4. The number of hydrogen-bond donors (Lipinski definition) is 1. The number of hydrogen-bond acceptors (Lipinski definition) is 4. The van der Waals surface area contributed by atoms with Crippen LogP contribution in [0.25, 0.3) is 0 Å². The summed E-state index contributed by atoms with van der Waals surface area (Å²) in [7, 11) is -1.72. The van der Waals surface area contributed by atoms with E-state index in [2.05, 4.69) is 0 Å². The first-order valence-corrected chi connectivity index (χ1v) is 11.6. The van der Waals surface area contributed by atoms with Gasteiger partial charge in [-0.2, -0.15) is 17.0 Å². The van der Waals surface area contributed by atoms with Gasteiger partial charge in [0.15, 0.2) is 0 Å². The van der Waals surface area contributed by atoms with E-state index in [1.807, 2.05) is 4.90 Å². The zero-order chi connectivity index (χ0) is 18.7. The first-order valence-electron chi connectivity index (χ1n) is 10.2. The standard InChI is InChI=1S/C18H34N4O3S.ClH/c1-20(17-8-3-2-4-9-17)26(24,25)22-12-10-21(11-13-22)18(23)15-6-5-7-16(19)14-15;/h15-17H,2-14,19H2,1H3;1H. The van der Waals surface area contributed by atoms with Crippen LogP contribution in [0.4, 0.5) is 0 Å². The van der Waals surface area contributed by atoms with Crippen molar-refractivity contribution in [3.05, 3.63) is 0 Å². The third-order valence-corrected chi connectivity index (χ3v) is 8.44. The predicted molar refractivity (Wildman–Crippen MR) is 109 cm³/mol. The molecule has 2 aliphatic carbocycles. The Kier molecular flexibility index (Phi) is 8.36. The molecule has 2 saturated carbocycles. The maximum absolute atomic E-state index is 12.9. The number of piperazine rings is 1. The molecule has 3 rings (SSSR count). The predicted octanol–water partition coefficient (Wildman–Crippen LogP) is 1.58. The molecule has 1 heterocycles. The van der Waals surface area contributed by atoms with Crippen molar-refractivity contribution in [1.82, 2.24) is 13.5 Å². The average Bonchev–Trinajstić information content (AvgIpc) is 2.67. The summed E-state index contributed by atoms with van der Waals surface area (Å²) < 4.78 is 29.0. The Labute approximate surface area is 170 Å². The molecule has 3 aliphatic rings. The summed E-state index contributed by atoms with van der Waals surface area (Å²) in [6.07, 6.45) is 9.02. The van der Waals surface area contributed by atoms with Crippen molar-refractivity contribution in [1.29, 1.82) is 0 Å². The molecule has 2 N–H and O–H groups in total. The van der Waals surface area contributed by atoms with Gasteiger partial charge in [-0.05, 0) is 32.1 Å². The largest absolute Gasteiger partial charge is 0.340 e. The highest BCUT2D eigenvalue weighted by Crippen LogP contribution is 2.27. The van der Waals surface area contributed by atoms with Crippen LogP contribution in [0.5, 0.6) is 0 Å². The Bertz CT molecular complexity index is 589. The Morgan fingerprint density at radius 2 is 1.59 bits per heavy atom. The maximum Gasteiger partial charge on any atom is 0.282 e. The van der Waals surface area contributed by atoms with Crippen molar-refractivity contribution in [2.45, 2.75) is 69.9 Å². The topological polar surface area (TPSA) is 87.0 Å². The summed E-state index contributed by atoms with van der Waals surface area (Å²) in [5.74, 6) is 0.185. The van der Waals surface area contributed by atoms with E-state index in [-0.39, 0.29) is 36.3 Å². The summed E-state index contributed by atoms with van der Waals surface area (Å²) in [4.78, 5) is 14.6. The summed E-state index contributed by atoms with van der Waals surface area (Å²) >= 11 is 0. The van der Waals surface area contributed by atoms with Crippen LogP contribution in [0.15, 0.2) is 0 Å². The monoisotopic (exact) mass is 422 g/mol. The molecule has 158 valence electrons. The van der Waals surface area contributed by atoms with Gasteiger partial charge >= 0.3 is 0 Å². The second kappa shape index (κ2) is 9.87. The minimum atomic E-state index is -3.44. The maximum atomic E-state index is 12.9. The van der Waals surface area contributed by atoms with Crippen molar-refractivity contribution in [2.75, 3.05) is 33.2 Å². The summed E-state index contributed by atoms with van der Waals surface area (Å²) in [5, 5.41) is 0. The van der Waals surface area contributed by atoms with Crippen LogP contribution in [-0.4, -0.2) is 73.1 Å². The average molecular weight is 423 g/mol. The Balaban J connectivity index is 0.00000261. The van der Waals surface area contributed by atoms with E-state index >= 15 is 0 Å². The second-order valence-corrected chi connectivity index (χ2v) is 10.2. The van der Waals surface area contributed by atoms with Gasteiger partial charge in [0.2, 0.25) is 5.91 Å². The van der Waals surface area contributed by atoms with E-state index in [9.17, 15) is 13.2 Å². The van der Waals surface area contributed by atoms with E-state index < -0.39 is 10.2 Å². The van der Waals surface area contributed by atoms with Gasteiger partial charge in [-0.3, -0.25) is 4.79 Å². The van der Waals surface area contributed by atoms with Crippen LogP contribution in [0.2, 0.25) is 0 Å². The molecule has 2 unspecified atom stereocenters. The number of halogens is 1. The normalized spacial score (nSPS) is 28.8. The van der Waals surface area contributed by atoms with Crippen LogP contribution in [0.3, 0.4) is 0 Å². The highest BCUT2D eigenvalue weighted by Gasteiger charge is 2.37. The van der Waals surface area contributed by atoms with Gasteiger partial charge in [0.25, 0.3) is 10.2 Å². The molecule has 1 aliphatic heterocycles. The van der Waals surface area contributed by atoms with E-state index in [1.165, 1.54) is 6.42 Å². The van der Waals surface area contributed by atoms with Crippen LogP contribution in [0.1, 0.15) is 57.8 Å². The van der Waals surface area contributed by atoms with Crippen LogP contribution < -0.4 is 5.73 Å². The van der Waals surface area contributed by atoms with E-state index in [0.29, 0.717) is 26.2 Å². The number of nitrogens with zero attached hydrogens (tertiary/aromatic N) is 3. The Morgan fingerprint density at radius 3 is 2.19 bits per heavy atom. The molecule has 3 fully saturated rings. The first kappa shape index (κ1) is 22.9. The van der Waals surface area contributed by atoms with Gasteiger partial charge in [0.05, 0.1) is 0 Å². The molecular weight excluding hydrogens is 388 g/mol. The summed E-state index contributed by atoms with van der Waals surface area (Å²) in [6.45, 7) is 1.76. The lowest BCUT2D eigenvalue weighted by Gasteiger charge is -2.40. The van der Waals surface area contributed by atoms with Crippen molar-refractivity contribution < 1.29 is 13.2 Å². The molecule has 27 heavy (non-hydrogen) atoms. The van der Waals surface area contributed by atoms with Crippen molar-refractivity contribution >= 4 is 28.5 Å². The van der Waals surface area contributed by atoms with Gasteiger partial charge in [0, 0.05) is 51.2 Å². The molecule has 0 aromatic rings. The van der Waals surface area contributed by atoms with Gasteiger partial charge in [-0.15, -0.1) is 12.4 Å². The van der Waals surface area contributed by atoms with Crippen molar-refractivity contribution in [3.8, 4) is 0 Å². The van der Waals surface area contributed by atoms with Crippen LogP contribution in [0, 0.1) is 5.92 Å². The van der Waals surface area contributed by atoms with Crippen molar-refractivity contribution in [2.24, 2.45) is 11.7 Å². The van der Waals surface area contributed by atoms with Crippen LogP contribution >= 0.6 is 12.4 Å². The highest BCUT2D eigenvalue weighted by atomic mass is 35.5. The molecule has 7 nitrogen and oxygen atoms in total. The van der Waals surface area contributed by atoms with E-state index in [1.54, 1.807) is 15.7 Å². The molecule has 2 atom stereocenters. The summed E-state index contributed by atoms with van der Waals surface area (Å²) in [5.41, 5.74) is 6.01. The molecule has 0 radical (unpaired) electrons.